The van der Waals surface area contributed by atoms with E-state index in [0.717, 1.165) is 23.7 Å². The Labute approximate surface area is 133 Å². The van der Waals surface area contributed by atoms with Crippen LogP contribution in [0, 0.1) is 5.41 Å². The van der Waals surface area contributed by atoms with Gasteiger partial charge in [0.15, 0.2) is 11.5 Å². The molecule has 0 atom stereocenters. The lowest BCUT2D eigenvalue weighted by molar-refractivity contribution is 0.174. The molecule has 0 fully saturated rings. The first kappa shape index (κ1) is 16.0. The zero-order chi connectivity index (χ0) is 14.2. The van der Waals surface area contributed by atoms with Crippen molar-refractivity contribution >= 4 is 18.1 Å². The van der Waals surface area contributed by atoms with Crippen molar-refractivity contribution < 1.29 is 9.47 Å². The molecule has 116 valence electrons. The minimum absolute atomic E-state index is 0. The van der Waals surface area contributed by atoms with Gasteiger partial charge < -0.3 is 14.8 Å². The van der Waals surface area contributed by atoms with E-state index in [-0.39, 0.29) is 12.4 Å². The van der Waals surface area contributed by atoms with Crippen molar-refractivity contribution in [3.63, 3.8) is 0 Å². The van der Waals surface area contributed by atoms with Crippen LogP contribution in [0.25, 0.3) is 0 Å². The van der Waals surface area contributed by atoms with E-state index in [1.807, 2.05) is 12.1 Å². The molecule has 0 spiro atoms. The predicted octanol–water partition coefficient (Wildman–Crippen LogP) is 4.78. The van der Waals surface area contributed by atoms with E-state index in [2.05, 4.69) is 32.2 Å². The monoisotopic (exact) mass is 309 g/mol. The Morgan fingerprint density at radius 2 is 1.95 bits per heavy atom. The van der Waals surface area contributed by atoms with E-state index in [1.54, 1.807) is 11.1 Å². The highest BCUT2D eigenvalue weighted by molar-refractivity contribution is 5.85. The molecule has 0 amide bonds. The van der Waals surface area contributed by atoms with Crippen LogP contribution in [0.5, 0.6) is 11.5 Å². The normalized spacial score (nSPS) is 19.2. The first-order chi connectivity index (χ1) is 9.56. The van der Waals surface area contributed by atoms with Crippen LogP contribution < -0.4 is 14.8 Å². The van der Waals surface area contributed by atoms with Gasteiger partial charge in [-0.15, -0.1) is 12.4 Å². The fraction of sp³-hybridized carbons (Fsp3) is 0.529. The van der Waals surface area contributed by atoms with Crippen LogP contribution in [0.15, 0.2) is 29.3 Å². The molecule has 0 aromatic heterocycles. The number of rotatable bonds is 3. The molecule has 0 unspecified atom stereocenters. The maximum Gasteiger partial charge on any atom is 0.231 e. The van der Waals surface area contributed by atoms with E-state index >= 15 is 0 Å². The van der Waals surface area contributed by atoms with Gasteiger partial charge in [0.1, 0.15) is 0 Å². The molecule has 1 aromatic carbocycles. The van der Waals surface area contributed by atoms with Crippen LogP contribution in [-0.2, 0) is 0 Å². The van der Waals surface area contributed by atoms with Gasteiger partial charge >= 0.3 is 0 Å². The van der Waals surface area contributed by atoms with Gasteiger partial charge in [-0.25, -0.2) is 0 Å². The van der Waals surface area contributed by atoms with E-state index in [0.29, 0.717) is 12.2 Å². The SMILES string of the molecule is CC1=C(CNc2ccc3c(c2)OCO3)C(C)(C)CCC1.Cl. The van der Waals surface area contributed by atoms with Crippen LogP contribution in [-0.4, -0.2) is 13.3 Å². The summed E-state index contributed by atoms with van der Waals surface area (Å²) in [4.78, 5) is 0. The lowest BCUT2D eigenvalue weighted by Crippen LogP contribution is -2.25. The number of hydrogen-bond acceptors (Lipinski definition) is 3. The number of anilines is 1. The Hall–Kier alpha value is -1.35. The molecule has 0 saturated carbocycles. The number of allylic oxidation sites excluding steroid dienone is 1. The van der Waals surface area contributed by atoms with Crippen molar-refractivity contribution in [2.45, 2.75) is 40.0 Å². The third kappa shape index (κ3) is 3.29. The highest BCUT2D eigenvalue weighted by Crippen LogP contribution is 2.40. The molecule has 1 N–H and O–H groups in total. The maximum absolute atomic E-state index is 5.42. The molecule has 21 heavy (non-hydrogen) atoms. The van der Waals surface area contributed by atoms with E-state index in [1.165, 1.54) is 19.3 Å². The van der Waals surface area contributed by atoms with Crippen LogP contribution >= 0.6 is 12.4 Å². The van der Waals surface area contributed by atoms with E-state index in [9.17, 15) is 0 Å². The number of halogens is 1. The molecule has 1 aromatic rings. The van der Waals surface area contributed by atoms with Gasteiger partial charge in [0.05, 0.1) is 0 Å². The molecule has 1 aliphatic carbocycles. The van der Waals surface area contributed by atoms with Crippen LogP contribution in [0.2, 0.25) is 0 Å². The molecule has 0 bridgehead atoms. The van der Waals surface area contributed by atoms with Gasteiger partial charge in [-0.2, -0.15) is 0 Å². The molecule has 4 heteroatoms. The summed E-state index contributed by atoms with van der Waals surface area (Å²) in [7, 11) is 0. The zero-order valence-corrected chi connectivity index (χ0v) is 13.8. The van der Waals surface area contributed by atoms with Crippen molar-refractivity contribution in [2.24, 2.45) is 5.41 Å². The van der Waals surface area contributed by atoms with Gasteiger partial charge in [0.2, 0.25) is 6.79 Å². The predicted molar refractivity (Wildman–Crippen MR) is 88.6 cm³/mol. The molecule has 2 aliphatic rings. The maximum atomic E-state index is 5.42. The minimum Gasteiger partial charge on any atom is -0.454 e. The smallest absolute Gasteiger partial charge is 0.231 e. The second-order valence-corrected chi connectivity index (χ2v) is 6.42. The number of fused-ring (bicyclic) bond motifs is 1. The fourth-order valence-corrected chi connectivity index (χ4v) is 3.26. The summed E-state index contributed by atoms with van der Waals surface area (Å²) in [5, 5.41) is 3.54. The van der Waals surface area contributed by atoms with Crippen molar-refractivity contribution in [1.82, 2.24) is 0 Å². The fourth-order valence-electron chi connectivity index (χ4n) is 3.26. The average molecular weight is 310 g/mol. The van der Waals surface area contributed by atoms with Crippen LogP contribution in [0.1, 0.15) is 40.0 Å². The topological polar surface area (TPSA) is 30.5 Å². The van der Waals surface area contributed by atoms with Crippen molar-refractivity contribution in [1.29, 1.82) is 0 Å². The third-order valence-corrected chi connectivity index (χ3v) is 4.53. The molecule has 1 heterocycles. The minimum atomic E-state index is 0. The van der Waals surface area contributed by atoms with Crippen LogP contribution in [0.3, 0.4) is 0 Å². The highest BCUT2D eigenvalue weighted by atomic mass is 35.5. The standard InChI is InChI=1S/C17H23NO2.ClH/c1-12-5-4-8-17(2,3)14(12)10-18-13-6-7-15-16(9-13)20-11-19-15;/h6-7,9,18H,4-5,8,10-11H2,1-3H3;1H. The van der Waals surface area contributed by atoms with Crippen LogP contribution in [0.4, 0.5) is 5.69 Å². The summed E-state index contributed by atoms with van der Waals surface area (Å²) in [6.45, 7) is 8.23. The molecular formula is C17H24ClNO2. The first-order valence-electron chi connectivity index (χ1n) is 7.39. The van der Waals surface area contributed by atoms with Crippen molar-refractivity contribution in [2.75, 3.05) is 18.7 Å². The Kier molecular flexibility index (Phi) is 4.72. The lowest BCUT2D eigenvalue weighted by atomic mass is 9.73. The molecular weight excluding hydrogens is 286 g/mol. The number of hydrogen-bond donors (Lipinski definition) is 1. The highest BCUT2D eigenvalue weighted by Gasteiger charge is 2.28. The number of nitrogens with one attached hydrogen (secondary N) is 1. The van der Waals surface area contributed by atoms with E-state index < -0.39 is 0 Å². The Morgan fingerprint density at radius 1 is 1.19 bits per heavy atom. The summed E-state index contributed by atoms with van der Waals surface area (Å²) in [6, 6.07) is 6.05. The largest absolute Gasteiger partial charge is 0.454 e. The second-order valence-electron chi connectivity index (χ2n) is 6.42. The van der Waals surface area contributed by atoms with E-state index in [4.69, 9.17) is 9.47 Å². The average Bonchev–Trinajstić information content (AvgIpc) is 2.84. The number of ether oxygens (including phenoxy) is 2. The van der Waals surface area contributed by atoms with Gasteiger partial charge in [0.25, 0.3) is 0 Å². The van der Waals surface area contributed by atoms with Gasteiger partial charge in [0, 0.05) is 18.3 Å². The summed E-state index contributed by atoms with van der Waals surface area (Å²) in [5.41, 5.74) is 4.51. The molecule has 3 rings (SSSR count). The number of benzene rings is 1. The lowest BCUT2D eigenvalue weighted by Gasteiger charge is -2.35. The van der Waals surface area contributed by atoms with Crippen molar-refractivity contribution in [3.05, 3.63) is 29.3 Å². The van der Waals surface area contributed by atoms with Gasteiger partial charge in [-0.3, -0.25) is 0 Å². The molecule has 0 saturated heterocycles. The summed E-state index contributed by atoms with van der Waals surface area (Å²) in [5.74, 6) is 1.67. The summed E-state index contributed by atoms with van der Waals surface area (Å²) >= 11 is 0. The second kappa shape index (κ2) is 6.18. The molecule has 0 radical (unpaired) electrons. The first-order valence-corrected chi connectivity index (χ1v) is 7.39. The quantitative estimate of drug-likeness (QED) is 0.815. The Balaban J connectivity index is 0.00000161. The van der Waals surface area contributed by atoms with Gasteiger partial charge in [-0.1, -0.05) is 19.4 Å². The molecule has 1 aliphatic heterocycles. The summed E-state index contributed by atoms with van der Waals surface area (Å²) in [6.07, 6.45) is 3.83. The van der Waals surface area contributed by atoms with Gasteiger partial charge in [-0.05, 0) is 49.3 Å². The Morgan fingerprint density at radius 3 is 2.71 bits per heavy atom. The third-order valence-electron chi connectivity index (χ3n) is 4.53. The summed E-state index contributed by atoms with van der Waals surface area (Å²) < 4.78 is 10.8. The van der Waals surface area contributed by atoms with Crippen molar-refractivity contribution in [3.8, 4) is 11.5 Å². The zero-order valence-electron chi connectivity index (χ0n) is 13.0. The molecule has 3 nitrogen and oxygen atoms in total. The Bertz CT molecular complexity index is 552.